The van der Waals surface area contributed by atoms with Crippen LogP contribution in [0.2, 0.25) is 0 Å². The molecule has 0 saturated carbocycles. The van der Waals surface area contributed by atoms with Crippen molar-refractivity contribution >= 4 is 22.6 Å². The van der Waals surface area contributed by atoms with Gasteiger partial charge in [0.2, 0.25) is 0 Å². The first-order valence-corrected chi connectivity index (χ1v) is 8.48. The van der Waals surface area contributed by atoms with E-state index < -0.39 is 5.91 Å². The molecule has 5 heteroatoms. The number of rotatable bonds is 4. The van der Waals surface area contributed by atoms with E-state index in [1.165, 1.54) is 5.56 Å². The molecule has 134 valence electrons. The van der Waals surface area contributed by atoms with E-state index in [1.54, 1.807) is 11.5 Å². The molecule has 0 aliphatic carbocycles. The third-order valence-corrected chi connectivity index (χ3v) is 4.47. The van der Waals surface area contributed by atoms with Gasteiger partial charge in [0.15, 0.2) is 5.78 Å². The predicted molar refractivity (Wildman–Crippen MR) is 101 cm³/mol. The number of hydrogen-bond donors (Lipinski definition) is 3. The summed E-state index contributed by atoms with van der Waals surface area (Å²) in [5.41, 5.74) is 5.45. The summed E-state index contributed by atoms with van der Waals surface area (Å²) in [7, 11) is 0. The standard InChI is InChI=1S/C21H22N2O3/c1-21(2,3)16-7-5-14(6-8-16)19(24)11-13-4-9-17-15(10-13)12-18(22-17)20(25)23-26/h4-10,12,22,26H,11H2,1-3H3,(H,23,25). The Morgan fingerprint density at radius 3 is 2.35 bits per heavy atom. The number of aromatic amines is 1. The van der Waals surface area contributed by atoms with Crippen LogP contribution in [0.25, 0.3) is 10.9 Å². The highest BCUT2D eigenvalue weighted by atomic mass is 16.5. The Morgan fingerprint density at radius 1 is 1.04 bits per heavy atom. The molecule has 0 saturated heterocycles. The van der Waals surface area contributed by atoms with Crippen LogP contribution in [-0.2, 0) is 11.8 Å². The molecule has 3 aromatic rings. The van der Waals surface area contributed by atoms with Crippen LogP contribution in [0.3, 0.4) is 0 Å². The number of carbonyl (C=O) groups excluding carboxylic acids is 2. The van der Waals surface area contributed by atoms with Crippen LogP contribution in [0, 0.1) is 0 Å². The first kappa shape index (κ1) is 17.9. The van der Waals surface area contributed by atoms with Gasteiger partial charge >= 0.3 is 0 Å². The predicted octanol–water partition coefficient (Wildman–Crippen LogP) is 4.01. The second kappa shape index (κ2) is 6.77. The molecule has 0 spiro atoms. The quantitative estimate of drug-likeness (QED) is 0.378. The van der Waals surface area contributed by atoms with E-state index in [9.17, 15) is 9.59 Å². The molecule has 3 rings (SSSR count). The molecule has 0 aliphatic heterocycles. The molecular weight excluding hydrogens is 328 g/mol. The summed E-state index contributed by atoms with van der Waals surface area (Å²) in [6.45, 7) is 6.42. The smallest absolute Gasteiger partial charge is 0.291 e. The highest BCUT2D eigenvalue weighted by molar-refractivity contribution is 5.99. The highest BCUT2D eigenvalue weighted by Gasteiger charge is 2.15. The van der Waals surface area contributed by atoms with E-state index >= 15 is 0 Å². The SMILES string of the molecule is CC(C)(C)c1ccc(C(=O)Cc2ccc3[nH]c(C(=O)NO)cc3c2)cc1. The lowest BCUT2D eigenvalue weighted by Crippen LogP contribution is -2.18. The van der Waals surface area contributed by atoms with Crippen LogP contribution in [0.15, 0.2) is 48.5 Å². The zero-order valence-electron chi connectivity index (χ0n) is 15.1. The summed E-state index contributed by atoms with van der Waals surface area (Å²) >= 11 is 0. The van der Waals surface area contributed by atoms with Crippen LogP contribution in [0.4, 0.5) is 0 Å². The van der Waals surface area contributed by atoms with Crippen LogP contribution in [-0.4, -0.2) is 21.9 Å². The third-order valence-electron chi connectivity index (χ3n) is 4.47. The Kier molecular flexibility index (Phi) is 4.66. The molecule has 26 heavy (non-hydrogen) atoms. The minimum absolute atomic E-state index is 0.0497. The summed E-state index contributed by atoms with van der Waals surface area (Å²) in [6.07, 6.45) is 0.289. The number of benzene rings is 2. The number of hydrogen-bond acceptors (Lipinski definition) is 3. The van der Waals surface area contributed by atoms with Gasteiger partial charge in [-0.3, -0.25) is 14.8 Å². The number of ketones is 1. The largest absolute Gasteiger partial charge is 0.350 e. The molecule has 3 N–H and O–H groups in total. The van der Waals surface area contributed by atoms with Gasteiger partial charge in [-0.15, -0.1) is 0 Å². The first-order chi connectivity index (χ1) is 12.3. The minimum atomic E-state index is -0.599. The molecule has 1 amide bonds. The summed E-state index contributed by atoms with van der Waals surface area (Å²) in [4.78, 5) is 27.0. The second-order valence-electron chi connectivity index (χ2n) is 7.47. The van der Waals surface area contributed by atoms with Crippen molar-refractivity contribution in [2.45, 2.75) is 32.6 Å². The van der Waals surface area contributed by atoms with Crippen molar-refractivity contribution in [2.24, 2.45) is 0 Å². The first-order valence-electron chi connectivity index (χ1n) is 8.48. The molecule has 0 unspecified atom stereocenters. The van der Waals surface area contributed by atoms with Gasteiger partial charge in [0.05, 0.1) is 0 Å². The molecule has 1 aromatic heterocycles. The Hall–Kier alpha value is -2.92. The Morgan fingerprint density at radius 2 is 1.73 bits per heavy atom. The van der Waals surface area contributed by atoms with Crippen molar-refractivity contribution < 1.29 is 14.8 Å². The Bertz CT molecular complexity index is 963. The van der Waals surface area contributed by atoms with E-state index in [0.29, 0.717) is 5.56 Å². The van der Waals surface area contributed by atoms with Gasteiger partial charge in [-0.25, -0.2) is 5.48 Å². The summed E-state index contributed by atoms with van der Waals surface area (Å²) < 4.78 is 0. The third kappa shape index (κ3) is 3.68. The maximum Gasteiger partial charge on any atom is 0.291 e. The van der Waals surface area contributed by atoms with Gasteiger partial charge in [0.1, 0.15) is 5.69 Å². The van der Waals surface area contributed by atoms with Gasteiger partial charge in [-0.2, -0.15) is 0 Å². The number of amides is 1. The summed E-state index contributed by atoms with van der Waals surface area (Å²) in [6, 6.07) is 15.0. The van der Waals surface area contributed by atoms with Crippen LogP contribution in [0.1, 0.15) is 52.7 Å². The van der Waals surface area contributed by atoms with E-state index in [4.69, 9.17) is 5.21 Å². The number of Topliss-reactive ketones (excluding diaryl/α,β-unsaturated/α-hetero) is 1. The average Bonchev–Trinajstić information content (AvgIpc) is 3.03. The zero-order valence-corrected chi connectivity index (χ0v) is 15.1. The number of H-pyrrole nitrogens is 1. The number of fused-ring (bicyclic) bond motifs is 1. The average molecular weight is 350 g/mol. The number of hydroxylamine groups is 1. The number of carbonyl (C=O) groups is 2. The highest BCUT2D eigenvalue weighted by Crippen LogP contribution is 2.23. The second-order valence-corrected chi connectivity index (χ2v) is 7.47. The number of nitrogens with one attached hydrogen (secondary N) is 2. The molecule has 0 aliphatic rings. The van der Waals surface area contributed by atoms with E-state index in [1.807, 2.05) is 42.5 Å². The van der Waals surface area contributed by atoms with E-state index in [0.717, 1.165) is 16.5 Å². The van der Waals surface area contributed by atoms with E-state index in [2.05, 4.69) is 25.8 Å². The summed E-state index contributed by atoms with van der Waals surface area (Å²) in [5.74, 6) is -0.550. The van der Waals surface area contributed by atoms with Crippen LogP contribution >= 0.6 is 0 Å². The minimum Gasteiger partial charge on any atom is -0.350 e. The normalized spacial score (nSPS) is 11.5. The lowest BCUT2D eigenvalue weighted by atomic mass is 9.86. The maximum atomic E-state index is 12.6. The van der Waals surface area contributed by atoms with Crippen LogP contribution < -0.4 is 5.48 Å². The van der Waals surface area contributed by atoms with Gasteiger partial charge in [-0.05, 0) is 34.7 Å². The van der Waals surface area contributed by atoms with E-state index in [-0.39, 0.29) is 23.3 Å². The van der Waals surface area contributed by atoms with Crippen molar-refractivity contribution in [3.8, 4) is 0 Å². The molecule has 5 nitrogen and oxygen atoms in total. The zero-order chi connectivity index (χ0) is 18.9. The fourth-order valence-electron chi connectivity index (χ4n) is 2.92. The Balaban J connectivity index is 1.79. The van der Waals surface area contributed by atoms with Gasteiger partial charge < -0.3 is 4.98 Å². The Labute approximate surface area is 152 Å². The monoisotopic (exact) mass is 350 g/mol. The van der Waals surface area contributed by atoms with Gasteiger partial charge in [0, 0.05) is 22.9 Å². The molecular formula is C21H22N2O3. The molecule has 0 bridgehead atoms. The van der Waals surface area contributed by atoms with Gasteiger partial charge in [0.25, 0.3) is 5.91 Å². The molecule has 1 heterocycles. The topological polar surface area (TPSA) is 82.2 Å². The molecule has 0 fully saturated rings. The van der Waals surface area contributed by atoms with Crippen molar-refractivity contribution in [3.05, 3.63) is 70.9 Å². The lowest BCUT2D eigenvalue weighted by Gasteiger charge is -2.19. The van der Waals surface area contributed by atoms with Crippen molar-refractivity contribution in [1.29, 1.82) is 0 Å². The fourth-order valence-corrected chi connectivity index (χ4v) is 2.92. The molecule has 2 aromatic carbocycles. The van der Waals surface area contributed by atoms with Crippen molar-refractivity contribution in [1.82, 2.24) is 10.5 Å². The lowest BCUT2D eigenvalue weighted by molar-refractivity contribution is 0.0701. The van der Waals surface area contributed by atoms with Gasteiger partial charge in [-0.1, -0.05) is 51.1 Å². The molecule has 0 atom stereocenters. The van der Waals surface area contributed by atoms with Crippen molar-refractivity contribution in [2.75, 3.05) is 0 Å². The maximum absolute atomic E-state index is 12.6. The van der Waals surface area contributed by atoms with Crippen LogP contribution in [0.5, 0.6) is 0 Å². The fraction of sp³-hybridized carbons (Fsp3) is 0.238. The number of aromatic nitrogens is 1. The molecule has 0 radical (unpaired) electrons. The summed E-state index contributed by atoms with van der Waals surface area (Å²) in [5, 5.41) is 9.54. The van der Waals surface area contributed by atoms with Crippen molar-refractivity contribution in [3.63, 3.8) is 0 Å².